The Hall–Kier alpha value is -2.61. The molecule has 0 aliphatic carbocycles. The van der Waals surface area contributed by atoms with Crippen LogP contribution in [0.2, 0.25) is 5.02 Å². The number of H-pyrrole nitrogens is 1. The van der Waals surface area contributed by atoms with Crippen LogP contribution in [0, 0.1) is 5.82 Å². The fourth-order valence-corrected chi connectivity index (χ4v) is 3.06. The van der Waals surface area contributed by atoms with Gasteiger partial charge < -0.3 is 14.8 Å². The van der Waals surface area contributed by atoms with Crippen molar-refractivity contribution in [3.8, 4) is 0 Å². The zero-order chi connectivity index (χ0) is 18.1. The number of hydrogen-bond acceptors (Lipinski definition) is 4. The molecular weight excluding hydrogens is 351 g/mol. The maximum Gasteiger partial charge on any atom is 0.328 e. The lowest BCUT2D eigenvalue weighted by Gasteiger charge is -2.36. The van der Waals surface area contributed by atoms with Crippen LogP contribution in [0.4, 0.5) is 10.1 Å². The van der Waals surface area contributed by atoms with E-state index in [2.05, 4.69) is 4.98 Å². The SMILES string of the molecule is Cn1c(=O)[nH]cc(C(=O)N2CCN(c3ccc(F)cc3Cl)CC2)c1=O. The van der Waals surface area contributed by atoms with Crippen LogP contribution < -0.4 is 16.1 Å². The minimum Gasteiger partial charge on any atom is -0.367 e. The van der Waals surface area contributed by atoms with Crippen LogP contribution in [0.5, 0.6) is 0 Å². The zero-order valence-electron chi connectivity index (χ0n) is 13.5. The van der Waals surface area contributed by atoms with Gasteiger partial charge in [0.1, 0.15) is 11.4 Å². The van der Waals surface area contributed by atoms with Gasteiger partial charge in [0, 0.05) is 39.4 Å². The zero-order valence-corrected chi connectivity index (χ0v) is 14.2. The lowest BCUT2D eigenvalue weighted by molar-refractivity contribution is 0.0743. The van der Waals surface area contributed by atoms with Gasteiger partial charge >= 0.3 is 5.69 Å². The molecule has 1 amide bonds. The monoisotopic (exact) mass is 366 g/mol. The van der Waals surface area contributed by atoms with Crippen molar-refractivity contribution in [1.29, 1.82) is 0 Å². The van der Waals surface area contributed by atoms with Crippen LogP contribution in [-0.2, 0) is 7.05 Å². The molecule has 1 N–H and O–H groups in total. The van der Waals surface area contributed by atoms with E-state index >= 15 is 0 Å². The average molecular weight is 367 g/mol. The van der Waals surface area contributed by atoms with E-state index in [1.807, 2.05) is 4.90 Å². The number of piperazine rings is 1. The summed E-state index contributed by atoms with van der Waals surface area (Å²) in [4.78, 5) is 41.9. The maximum absolute atomic E-state index is 13.2. The highest BCUT2D eigenvalue weighted by atomic mass is 35.5. The first-order chi connectivity index (χ1) is 11.9. The number of amides is 1. The Morgan fingerprint density at radius 1 is 1.20 bits per heavy atom. The molecule has 1 aromatic carbocycles. The lowest BCUT2D eigenvalue weighted by Crippen LogP contribution is -2.50. The lowest BCUT2D eigenvalue weighted by atomic mass is 10.2. The van der Waals surface area contributed by atoms with E-state index in [9.17, 15) is 18.8 Å². The Balaban J connectivity index is 1.74. The fourth-order valence-electron chi connectivity index (χ4n) is 2.78. The van der Waals surface area contributed by atoms with Gasteiger partial charge in [-0.15, -0.1) is 0 Å². The summed E-state index contributed by atoms with van der Waals surface area (Å²) in [7, 11) is 1.31. The number of aromatic nitrogens is 2. The molecule has 3 rings (SSSR count). The number of hydrogen-bond donors (Lipinski definition) is 1. The summed E-state index contributed by atoms with van der Waals surface area (Å²) in [6.07, 6.45) is 1.15. The predicted octanol–water partition coefficient (Wildman–Crippen LogP) is 0.828. The molecule has 2 heterocycles. The molecule has 0 bridgehead atoms. The van der Waals surface area contributed by atoms with E-state index in [1.165, 1.54) is 19.2 Å². The summed E-state index contributed by atoms with van der Waals surface area (Å²) in [6, 6.07) is 4.19. The number of nitrogens with zero attached hydrogens (tertiary/aromatic N) is 3. The van der Waals surface area contributed by atoms with E-state index in [1.54, 1.807) is 11.0 Å². The van der Waals surface area contributed by atoms with Crippen molar-refractivity contribution < 1.29 is 9.18 Å². The van der Waals surface area contributed by atoms with Crippen LogP contribution in [0.1, 0.15) is 10.4 Å². The van der Waals surface area contributed by atoms with Gasteiger partial charge in [0.15, 0.2) is 0 Å². The Morgan fingerprint density at radius 2 is 1.88 bits per heavy atom. The minimum absolute atomic E-state index is 0.0737. The average Bonchev–Trinajstić information content (AvgIpc) is 2.60. The Bertz CT molecular complexity index is 932. The fraction of sp³-hybridized carbons (Fsp3) is 0.312. The second-order valence-electron chi connectivity index (χ2n) is 5.75. The van der Waals surface area contributed by atoms with Crippen molar-refractivity contribution in [2.75, 3.05) is 31.1 Å². The number of carbonyl (C=O) groups is 1. The van der Waals surface area contributed by atoms with Crippen LogP contribution in [-0.4, -0.2) is 46.5 Å². The number of nitrogens with one attached hydrogen (secondary N) is 1. The predicted molar refractivity (Wildman–Crippen MR) is 91.8 cm³/mol. The molecule has 1 saturated heterocycles. The van der Waals surface area contributed by atoms with Gasteiger partial charge in [0.25, 0.3) is 11.5 Å². The Labute approximate surface area is 147 Å². The van der Waals surface area contributed by atoms with Crippen molar-refractivity contribution >= 4 is 23.2 Å². The maximum atomic E-state index is 13.2. The number of aromatic amines is 1. The summed E-state index contributed by atoms with van der Waals surface area (Å²) in [5.74, 6) is -0.835. The molecule has 0 saturated carbocycles. The molecular formula is C16H16ClFN4O3. The van der Waals surface area contributed by atoms with Gasteiger partial charge in [-0.25, -0.2) is 9.18 Å². The number of benzene rings is 1. The first-order valence-corrected chi connectivity index (χ1v) is 8.04. The molecule has 7 nitrogen and oxygen atoms in total. The summed E-state index contributed by atoms with van der Waals surface area (Å²) in [6.45, 7) is 1.77. The highest BCUT2D eigenvalue weighted by Crippen LogP contribution is 2.27. The molecule has 0 atom stereocenters. The summed E-state index contributed by atoms with van der Waals surface area (Å²) >= 11 is 6.07. The molecule has 1 fully saturated rings. The normalized spacial score (nSPS) is 14.7. The topological polar surface area (TPSA) is 78.4 Å². The van der Waals surface area contributed by atoms with E-state index in [0.29, 0.717) is 36.9 Å². The molecule has 1 aliphatic heterocycles. The van der Waals surface area contributed by atoms with Crippen molar-refractivity contribution in [3.05, 3.63) is 61.6 Å². The van der Waals surface area contributed by atoms with Crippen LogP contribution in [0.3, 0.4) is 0 Å². The van der Waals surface area contributed by atoms with Crippen LogP contribution in [0.25, 0.3) is 0 Å². The third-order valence-electron chi connectivity index (χ3n) is 4.23. The summed E-state index contributed by atoms with van der Waals surface area (Å²) in [5, 5.41) is 0.314. The summed E-state index contributed by atoms with van der Waals surface area (Å²) in [5.41, 5.74) is -0.569. The van der Waals surface area contributed by atoms with Gasteiger partial charge in [-0.3, -0.25) is 14.2 Å². The first-order valence-electron chi connectivity index (χ1n) is 7.66. The minimum atomic E-state index is -0.627. The molecule has 1 aliphatic rings. The third-order valence-corrected chi connectivity index (χ3v) is 4.53. The number of halogens is 2. The Morgan fingerprint density at radius 3 is 2.52 bits per heavy atom. The molecule has 2 aromatic rings. The molecule has 25 heavy (non-hydrogen) atoms. The van der Waals surface area contributed by atoms with E-state index < -0.39 is 23.0 Å². The van der Waals surface area contributed by atoms with Crippen molar-refractivity contribution in [3.63, 3.8) is 0 Å². The second-order valence-corrected chi connectivity index (χ2v) is 6.15. The first kappa shape index (κ1) is 17.2. The highest BCUT2D eigenvalue weighted by molar-refractivity contribution is 6.33. The quantitative estimate of drug-likeness (QED) is 0.854. The Kier molecular flexibility index (Phi) is 4.63. The van der Waals surface area contributed by atoms with Gasteiger partial charge in [0.05, 0.1) is 10.7 Å². The van der Waals surface area contributed by atoms with E-state index in [-0.39, 0.29) is 5.56 Å². The standard InChI is InChI=1S/C16H16ClFN4O3/c1-20-14(23)11(9-19-16(20)25)15(24)22-6-4-21(5-7-22)13-3-2-10(18)8-12(13)17/h2-3,8-9H,4-7H2,1H3,(H,19,25). The summed E-state index contributed by atoms with van der Waals surface area (Å²) < 4.78 is 14.0. The van der Waals surface area contributed by atoms with Gasteiger partial charge in [-0.2, -0.15) is 0 Å². The molecule has 0 unspecified atom stereocenters. The van der Waals surface area contributed by atoms with Crippen LogP contribution >= 0.6 is 11.6 Å². The van der Waals surface area contributed by atoms with Gasteiger partial charge in [-0.1, -0.05) is 11.6 Å². The third kappa shape index (κ3) is 3.30. The highest BCUT2D eigenvalue weighted by Gasteiger charge is 2.25. The number of anilines is 1. The van der Waals surface area contributed by atoms with Gasteiger partial charge in [-0.05, 0) is 18.2 Å². The van der Waals surface area contributed by atoms with Gasteiger partial charge in [0.2, 0.25) is 0 Å². The smallest absolute Gasteiger partial charge is 0.328 e. The molecule has 0 radical (unpaired) electrons. The number of carbonyl (C=O) groups excluding carboxylic acids is 1. The molecule has 132 valence electrons. The van der Waals surface area contributed by atoms with Crippen molar-refractivity contribution in [2.24, 2.45) is 7.05 Å². The molecule has 9 heteroatoms. The number of rotatable bonds is 2. The second kappa shape index (κ2) is 6.72. The molecule has 0 spiro atoms. The van der Waals surface area contributed by atoms with Crippen LogP contribution in [0.15, 0.2) is 34.0 Å². The van der Waals surface area contributed by atoms with E-state index in [0.717, 1.165) is 10.8 Å². The van der Waals surface area contributed by atoms with Crippen molar-refractivity contribution in [1.82, 2.24) is 14.5 Å². The largest absolute Gasteiger partial charge is 0.367 e. The molecule has 1 aromatic heterocycles. The van der Waals surface area contributed by atoms with E-state index in [4.69, 9.17) is 11.6 Å². The van der Waals surface area contributed by atoms with Crippen molar-refractivity contribution in [2.45, 2.75) is 0 Å².